The van der Waals surface area contributed by atoms with Crippen molar-refractivity contribution in [3.63, 3.8) is 0 Å². The zero-order chi connectivity index (χ0) is 37.7. The zero-order valence-electron chi connectivity index (χ0n) is 31.9. The average Bonchev–Trinajstić information content (AvgIpc) is 3.14. The molecule has 5 heteroatoms. The zero-order valence-corrected chi connectivity index (χ0v) is 35.3. The van der Waals surface area contributed by atoms with Gasteiger partial charge < -0.3 is 4.90 Å². The number of hydrogen-bond acceptors (Lipinski definition) is 3. The first-order valence-corrected chi connectivity index (χ1v) is 24.2. The van der Waals surface area contributed by atoms with Crippen molar-refractivity contribution >= 4 is 84.6 Å². The fourth-order valence-electron chi connectivity index (χ4n) is 9.42. The van der Waals surface area contributed by atoms with Crippen LogP contribution in [0.5, 0.6) is 0 Å². The Morgan fingerprint density at radius 1 is 0.389 bits per heavy atom. The van der Waals surface area contributed by atoms with Gasteiger partial charge in [0.1, 0.15) is 0 Å². The van der Waals surface area contributed by atoms with Crippen LogP contribution in [0.3, 0.4) is 0 Å². The van der Waals surface area contributed by atoms with Crippen LogP contribution in [0.4, 0.5) is 17.1 Å². The highest BCUT2D eigenvalue weighted by atomic mass is 32.4. The van der Waals surface area contributed by atoms with Crippen LogP contribution in [0, 0.1) is 48.5 Å². The van der Waals surface area contributed by atoms with Crippen molar-refractivity contribution in [2.24, 2.45) is 0 Å². The van der Waals surface area contributed by atoms with Crippen molar-refractivity contribution < 1.29 is 0 Å². The van der Waals surface area contributed by atoms with Crippen LogP contribution in [0.1, 0.15) is 38.9 Å². The monoisotopic (exact) mass is 771 g/mol. The third-order valence-electron chi connectivity index (χ3n) is 11.4. The van der Waals surface area contributed by atoms with Crippen LogP contribution in [-0.2, 0) is 23.6 Å². The van der Waals surface area contributed by atoms with Gasteiger partial charge in [0.25, 0.3) is 0 Å². The molecule has 0 spiro atoms. The largest absolute Gasteiger partial charge is 0.308 e. The second-order valence-corrected chi connectivity index (χ2v) is 24.0. The highest BCUT2D eigenvalue weighted by Crippen LogP contribution is 2.61. The molecule has 0 radical (unpaired) electrons. The maximum atomic E-state index is 7.25. The molecular weight excluding hydrogens is 729 g/mol. The standard InChI is InChI=1S/C49H43NP2S2/c1-30-22-33(4)47(34(5)23-30)37-18-20-41-43(28-37)51(53,39-14-10-8-11-15-39)45-26-32(3)27-46-49(45)50(41)42-21-19-38(48-35(6)24-31(2)25-36(48)7)29-44(42)52(46,54)40-16-12-9-13-17-40/h8-29H,1-7H3. The number of fused-ring (bicyclic) bond motifs is 4. The Morgan fingerprint density at radius 3 is 1.11 bits per heavy atom. The van der Waals surface area contributed by atoms with E-state index in [2.05, 4.69) is 187 Å². The molecule has 0 saturated carbocycles. The third kappa shape index (κ3) is 5.17. The van der Waals surface area contributed by atoms with E-state index in [1.165, 1.54) is 98.7 Å². The van der Waals surface area contributed by atoms with Gasteiger partial charge in [0.2, 0.25) is 0 Å². The molecule has 2 aliphatic rings. The lowest BCUT2D eigenvalue weighted by atomic mass is 9.93. The first-order valence-electron chi connectivity index (χ1n) is 18.6. The molecule has 0 aliphatic carbocycles. The minimum atomic E-state index is -2.58. The molecule has 0 amide bonds. The predicted molar refractivity (Wildman–Crippen MR) is 244 cm³/mol. The highest BCUT2D eigenvalue weighted by molar-refractivity contribution is 8.27. The van der Waals surface area contributed by atoms with E-state index in [1.54, 1.807) is 0 Å². The van der Waals surface area contributed by atoms with Gasteiger partial charge in [0, 0.05) is 33.3 Å². The molecule has 0 aromatic heterocycles. The second-order valence-electron chi connectivity index (χ2n) is 15.3. The van der Waals surface area contributed by atoms with Crippen molar-refractivity contribution in [1.29, 1.82) is 0 Å². The maximum Gasteiger partial charge on any atom is 0.0643 e. The van der Waals surface area contributed by atoms with E-state index in [0.29, 0.717) is 0 Å². The number of hydrogen-bond donors (Lipinski definition) is 0. The molecule has 1 nitrogen and oxygen atoms in total. The lowest BCUT2D eigenvalue weighted by Crippen LogP contribution is -2.46. The van der Waals surface area contributed by atoms with Crippen molar-refractivity contribution in [2.75, 3.05) is 4.90 Å². The first-order chi connectivity index (χ1) is 25.9. The van der Waals surface area contributed by atoms with Crippen LogP contribution in [0.15, 0.2) is 133 Å². The summed E-state index contributed by atoms with van der Waals surface area (Å²) in [6.07, 6.45) is 0. The van der Waals surface area contributed by atoms with Gasteiger partial charge in [-0.3, -0.25) is 0 Å². The number of anilines is 3. The molecule has 266 valence electrons. The number of benzene rings is 7. The van der Waals surface area contributed by atoms with Crippen LogP contribution >= 0.6 is 12.1 Å². The Morgan fingerprint density at radius 2 is 0.741 bits per heavy atom. The van der Waals surface area contributed by atoms with Gasteiger partial charge in [-0.05, 0) is 146 Å². The SMILES string of the molecule is Cc1cc(C)c(-c2ccc3c(c2)P(=S)(c2ccccc2)c2cc(C)cc4c2N3c2ccc(-c3c(C)cc(C)cc3C)cc2P4(=S)c2ccccc2)c(C)c1. The molecule has 7 aromatic rings. The molecule has 7 aromatic carbocycles. The van der Waals surface area contributed by atoms with Crippen LogP contribution in [0.25, 0.3) is 22.3 Å². The van der Waals surface area contributed by atoms with Gasteiger partial charge in [0.15, 0.2) is 0 Å². The summed E-state index contributed by atoms with van der Waals surface area (Å²) in [5, 5.41) is 7.38. The van der Waals surface area contributed by atoms with Gasteiger partial charge in [-0.15, -0.1) is 0 Å². The average molecular weight is 772 g/mol. The van der Waals surface area contributed by atoms with Gasteiger partial charge in [-0.1, -0.05) is 132 Å². The molecule has 0 fully saturated rings. The molecule has 0 bridgehead atoms. The minimum absolute atomic E-state index is 1.16. The lowest BCUT2D eigenvalue weighted by molar-refractivity contribution is 1.29. The Balaban J connectivity index is 1.42. The smallest absolute Gasteiger partial charge is 0.0643 e. The summed E-state index contributed by atoms with van der Waals surface area (Å²) in [7, 11) is 0. The van der Waals surface area contributed by atoms with Crippen LogP contribution < -0.4 is 36.7 Å². The van der Waals surface area contributed by atoms with E-state index in [1.807, 2.05) is 0 Å². The van der Waals surface area contributed by atoms with Crippen molar-refractivity contribution in [1.82, 2.24) is 0 Å². The van der Waals surface area contributed by atoms with Crippen molar-refractivity contribution in [2.45, 2.75) is 48.5 Å². The molecule has 2 unspecified atom stereocenters. The number of rotatable bonds is 4. The van der Waals surface area contributed by atoms with E-state index in [9.17, 15) is 0 Å². The molecule has 2 aliphatic heterocycles. The summed E-state index contributed by atoms with van der Waals surface area (Å²) in [5.41, 5.74) is 17.5. The quantitative estimate of drug-likeness (QED) is 0.164. The van der Waals surface area contributed by atoms with Crippen LogP contribution in [0.2, 0.25) is 0 Å². The summed E-state index contributed by atoms with van der Waals surface area (Å²) in [4.78, 5) is 2.53. The Labute approximate surface area is 330 Å². The summed E-state index contributed by atoms with van der Waals surface area (Å²) < 4.78 is 0. The van der Waals surface area contributed by atoms with E-state index < -0.39 is 12.1 Å². The molecule has 2 heterocycles. The van der Waals surface area contributed by atoms with E-state index >= 15 is 0 Å². The molecule has 2 atom stereocenters. The fourth-order valence-corrected chi connectivity index (χ4v) is 18.2. The normalized spacial score (nSPS) is 18.2. The summed E-state index contributed by atoms with van der Waals surface area (Å²) in [6.45, 7) is 15.5. The highest BCUT2D eigenvalue weighted by Gasteiger charge is 2.46. The molecule has 0 saturated heterocycles. The Bertz CT molecular complexity index is 2570. The third-order valence-corrected chi connectivity index (χ3v) is 21.2. The van der Waals surface area contributed by atoms with Gasteiger partial charge in [-0.25, -0.2) is 0 Å². The number of aryl methyl sites for hydroxylation is 7. The molecule has 54 heavy (non-hydrogen) atoms. The van der Waals surface area contributed by atoms with Crippen molar-refractivity contribution in [3.05, 3.63) is 172 Å². The molecule has 9 rings (SSSR count). The Kier molecular flexibility index (Phi) is 8.42. The van der Waals surface area contributed by atoms with E-state index in [0.717, 1.165) is 11.4 Å². The van der Waals surface area contributed by atoms with Gasteiger partial charge in [-0.2, -0.15) is 0 Å². The second kappa shape index (κ2) is 12.9. The minimum Gasteiger partial charge on any atom is -0.308 e. The topological polar surface area (TPSA) is 3.24 Å². The van der Waals surface area contributed by atoms with Crippen molar-refractivity contribution in [3.8, 4) is 22.3 Å². The fraction of sp³-hybridized carbons (Fsp3) is 0.143. The van der Waals surface area contributed by atoms with Gasteiger partial charge in [0.05, 0.1) is 17.1 Å². The van der Waals surface area contributed by atoms with Crippen LogP contribution in [-0.4, -0.2) is 0 Å². The maximum absolute atomic E-state index is 7.25. The molecular formula is C49H43NP2S2. The van der Waals surface area contributed by atoms with E-state index in [-0.39, 0.29) is 0 Å². The molecule has 0 N–H and O–H groups in total. The summed E-state index contributed by atoms with van der Waals surface area (Å²) in [5.74, 6) is 0. The summed E-state index contributed by atoms with van der Waals surface area (Å²) >= 11 is 14.5. The predicted octanol–water partition coefficient (Wildman–Crippen LogP) is 10.8. The lowest BCUT2D eigenvalue weighted by Gasteiger charge is -2.47. The van der Waals surface area contributed by atoms with Gasteiger partial charge >= 0.3 is 0 Å². The Hall–Kier alpha value is -4.36. The number of nitrogens with zero attached hydrogens (tertiary/aromatic N) is 1. The first kappa shape index (κ1) is 35.3. The summed E-state index contributed by atoms with van der Waals surface area (Å²) in [6, 6.07) is 44.9. The van der Waals surface area contributed by atoms with E-state index in [4.69, 9.17) is 23.6 Å².